The first-order valence-corrected chi connectivity index (χ1v) is 9.10. The van der Waals surface area contributed by atoms with Crippen LogP contribution in [0.25, 0.3) is 22.4 Å². The number of pyridine rings is 1. The zero-order chi connectivity index (χ0) is 20.4. The number of hydrazine groups is 1. The average Bonchev–Trinajstić information content (AvgIpc) is 3.13. The third kappa shape index (κ3) is 3.68. The molecule has 0 aliphatic carbocycles. The van der Waals surface area contributed by atoms with Gasteiger partial charge in [-0.05, 0) is 25.1 Å². The van der Waals surface area contributed by atoms with Gasteiger partial charge in [0.25, 0.3) is 17.5 Å². The van der Waals surface area contributed by atoms with Crippen LogP contribution in [0.5, 0.6) is 0 Å². The molecule has 0 saturated carbocycles. The second-order valence-electron chi connectivity index (χ2n) is 6.26. The lowest BCUT2D eigenvalue weighted by Crippen LogP contribution is -2.41. The number of carbonyl (C=O) groups is 2. The molecule has 144 valence electrons. The molecule has 2 aromatic heterocycles. The zero-order valence-electron chi connectivity index (χ0n) is 15.3. The number of rotatable bonds is 3. The number of fused-ring (bicyclic) bond motifs is 1. The number of hydrogen-bond acceptors (Lipinski definition) is 5. The Bertz CT molecular complexity index is 1220. The lowest BCUT2D eigenvalue weighted by molar-refractivity contribution is 0.0847. The van der Waals surface area contributed by atoms with Crippen LogP contribution in [0.1, 0.15) is 26.4 Å². The zero-order valence-corrected chi connectivity index (χ0v) is 16.0. The molecule has 2 N–H and O–H groups in total. The average molecular weight is 407 g/mol. The van der Waals surface area contributed by atoms with Crippen molar-refractivity contribution in [1.29, 1.82) is 0 Å². The van der Waals surface area contributed by atoms with Gasteiger partial charge < -0.3 is 4.52 Å². The summed E-state index contributed by atoms with van der Waals surface area (Å²) in [6.07, 6.45) is 0. The van der Waals surface area contributed by atoms with Crippen LogP contribution in [0.2, 0.25) is 5.02 Å². The van der Waals surface area contributed by atoms with Crippen molar-refractivity contribution in [2.75, 3.05) is 0 Å². The molecule has 0 aliphatic rings. The second-order valence-corrected chi connectivity index (χ2v) is 6.66. The molecule has 0 fully saturated rings. The van der Waals surface area contributed by atoms with E-state index in [2.05, 4.69) is 21.0 Å². The number of nitrogens with one attached hydrogen (secondary N) is 2. The van der Waals surface area contributed by atoms with Gasteiger partial charge in [-0.1, -0.05) is 59.2 Å². The van der Waals surface area contributed by atoms with Gasteiger partial charge in [0, 0.05) is 5.56 Å². The highest BCUT2D eigenvalue weighted by molar-refractivity contribution is 6.33. The van der Waals surface area contributed by atoms with Crippen LogP contribution in [0, 0.1) is 6.92 Å². The first-order chi connectivity index (χ1) is 14.0. The van der Waals surface area contributed by atoms with Crippen LogP contribution in [0.3, 0.4) is 0 Å². The van der Waals surface area contributed by atoms with Crippen LogP contribution < -0.4 is 10.9 Å². The van der Waals surface area contributed by atoms with Crippen molar-refractivity contribution in [2.24, 2.45) is 0 Å². The van der Waals surface area contributed by atoms with E-state index in [0.717, 1.165) is 5.56 Å². The van der Waals surface area contributed by atoms with Gasteiger partial charge in [0.2, 0.25) is 0 Å². The Hall–Kier alpha value is -3.71. The minimum absolute atomic E-state index is 0.242. The summed E-state index contributed by atoms with van der Waals surface area (Å²) in [6.45, 7) is 1.72. The molecule has 0 unspecified atom stereocenters. The molecule has 4 rings (SSSR count). The fraction of sp³-hybridized carbons (Fsp3) is 0.0476. The van der Waals surface area contributed by atoms with Gasteiger partial charge in [0.05, 0.1) is 32.9 Å². The van der Waals surface area contributed by atoms with E-state index in [9.17, 15) is 9.59 Å². The fourth-order valence-electron chi connectivity index (χ4n) is 2.92. The number of benzene rings is 2. The van der Waals surface area contributed by atoms with Crippen molar-refractivity contribution < 1.29 is 14.1 Å². The van der Waals surface area contributed by atoms with Gasteiger partial charge in [0.1, 0.15) is 0 Å². The molecule has 2 amide bonds. The van der Waals surface area contributed by atoms with E-state index in [4.69, 9.17) is 16.1 Å². The quantitative estimate of drug-likeness (QED) is 0.502. The molecule has 0 bridgehead atoms. The number of nitrogens with zero attached hydrogens (tertiary/aromatic N) is 2. The van der Waals surface area contributed by atoms with Crippen molar-refractivity contribution in [2.45, 2.75) is 6.92 Å². The molecular formula is C21H15ClN4O3. The lowest BCUT2D eigenvalue weighted by atomic mass is 10.1. The van der Waals surface area contributed by atoms with Crippen molar-refractivity contribution in [3.05, 3.63) is 82.5 Å². The Balaban J connectivity index is 1.65. The highest BCUT2D eigenvalue weighted by Crippen LogP contribution is 2.26. The summed E-state index contributed by atoms with van der Waals surface area (Å²) in [4.78, 5) is 29.6. The predicted molar refractivity (Wildman–Crippen MR) is 108 cm³/mol. The van der Waals surface area contributed by atoms with Crippen LogP contribution in [0.15, 0.2) is 65.2 Å². The molecule has 0 aliphatic heterocycles. The Kier molecular flexibility index (Phi) is 4.97. The van der Waals surface area contributed by atoms with Gasteiger partial charge in [-0.15, -0.1) is 0 Å². The summed E-state index contributed by atoms with van der Waals surface area (Å²) in [5.41, 5.74) is 7.47. The summed E-state index contributed by atoms with van der Waals surface area (Å²) >= 11 is 6.02. The predicted octanol–water partition coefficient (Wildman–Crippen LogP) is 3.93. The molecule has 0 atom stereocenters. The Morgan fingerprint density at radius 1 is 0.931 bits per heavy atom. The van der Waals surface area contributed by atoms with Crippen molar-refractivity contribution in [1.82, 2.24) is 21.0 Å². The van der Waals surface area contributed by atoms with Crippen LogP contribution in [-0.2, 0) is 0 Å². The summed E-state index contributed by atoms with van der Waals surface area (Å²) in [6, 6.07) is 17.6. The molecule has 0 spiro atoms. The van der Waals surface area contributed by atoms with E-state index in [1.54, 1.807) is 37.3 Å². The third-order valence-corrected chi connectivity index (χ3v) is 4.67. The monoisotopic (exact) mass is 406 g/mol. The van der Waals surface area contributed by atoms with E-state index in [0.29, 0.717) is 16.8 Å². The highest BCUT2D eigenvalue weighted by Gasteiger charge is 2.20. The number of amides is 2. The first kappa shape index (κ1) is 18.6. The lowest BCUT2D eigenvalue weighted by Gasteiger charge is -2.10. The van der Waals surface area contributed by atoms with E-state index >= 15 is 0 Å². The summed E-state index contributed by atoms with van der Waals surface area (Å²) in [7, 11) is 0. The maximum atomic E-state index is 12.9. The SMILES string of the molecule is Cc1noc2nc(-c3ccccc3)cc(C(=O)NNC(=O)c3ccccc3Cl)c12. The van der Waals surface area contributed by atoms with Gasteiger partial charge in [-0.25, -0.2) is 4.98 Å². The summed E-state index contributed by atoms with van der Waals surface area (Å²) in [5, 5.41) is 4.67. The molecule has 7 nitrogen and oxygen atoms in total. The van der Waals surface area contributed by atoms with Gasteiger partial charge in [0.15, 0.2) is 0 Å². The Morgan fingerprint density at radius 2 is 1.59 bits per heavy atom. The molecule has 2 heterocycles. The highest BCUT2D eigenvalue weighted by atomic mass is 35.5. The van der Waals surface area contributed by atoms with E-state index in [1.807, 2.05) is 30.3 Å². The standard InChI is InChI=1S/C21H15ClN4O3/c1-12-18-15(20(28)25-24-19(27)14-9-5-6-10-16(14)22)11-17(23-21(18)29-26-12)13-7-3-2-4-8-13/h2-11H,1H3,(H,24,27)(H,25,28). The first-order valence-electron chi connectivity index (χ1n) is 8.72. The van der Waals surface area contributed by atoms with Crippen LogP contribution >= 0.6 is 11.6 Å². The van der Waals surface area contributed by atoms with Crippen molar-refractivity contribution in [3.63, 3.8) is 0 Å². The fourth-order valence-corrected chi connectivity index (χ4v) is 3.15. The smallest absolute Gasteiger partial charge is 0.271 e. The molecule has 8 heteroatoms. The normalized spacial score (nSPS) is 10.7. The van der Waals surface area contributed by atoms with Gasteiger partial charge in [-0.2, -0.15) is 0 Å². The minimum atomic E-state index is -0.528. The van der Waals surface area contributed by atoms with Gasteiger partial charge >= 0.3 is 0 Å². The second kappa shape index (κ2) is 7.73. The largest absolute Gasteiger partial charge is 0.335 e. The van der Waals surface area contributed by atoms with E-state index in [1.165, 1.54) is 0 Å². The number of aromatic nitrogens is 2. The van der Waals surface area contributed by atoms with E-state index < -0.39 is 11.8 Å². The Labute approximate surface area is 170 Å². The minimum Gasteiger partial charge on any atom is -0.335 e. The molecule has 4 aromatic rings. The van der Waals surface area contributed by atoms with Crippen molar-refractivity contribution in [3.8, 4) is 11.3 Å². The number of hydrogen-bond donors (Lipinski definition) is 2. The summed E-state index contributed by atoms with van der Waals surface area (Å²) < 4.78 is 5.27. The van der Waals surface area contributed by atoms with Crippen LogP contribution in [-0.4, -0.2) is 22.0 Å². The topological polar surface area (TPSA) is 97.1 Å². The van der Waals surface area contributed by atoms with E-state index in [-0.39, 0.29) is 21.9 Å². The van der Waals surface area contributed by atoms with Crippen LogP contribution in [0.4, 0.5) is 0 Å². The maximum Gasteiger partial charge on any atom is 0.271 e. The molecule has 0 radical (unpaired) electrons. The summed E-state index contributed by atoms with van der Waals surface area (Å²) in [5.74, 6) is -1.05. The molecule has 0 saturated heterocycles. The molecule has 2 aromatic carbocycles. The molecule has 29 heavy (non-hydrogen) atoms. The number of halogens is 1. The third-order valence-electron chi connectivity index (χ3n) is 4.34. The number of aryl methyl sites for hydroxylation is 1. The molecular weight excluding hydrogens is 392 g/mol. The Morgan fingerprint density at radius 3 is 2.31 bits per heavy atom. The van der Waals surface area contributed by atoms with Crippen molar-refractivity contribution >= 4 is 34.5 Å². The number of carbonyl (C=O) groups excluding carboxylic acids is 2. The van der Waals surface area contributed by atoms with Gasteiger partial charge in [-0.3, -0.25) is 20.4 Å². The maximum absolute atomic E-state index is 12.9.